The fourth-order valence-electron chi connectivity index (χ4n) is 1.92. The fraction of sp³-hybridized carbons (Fsp3) is 0.444. The summed E-state index contributed by atoms with van der Waals surface area (Å²) in [7, 11) is 0. The predicted molar refractivity (Wildman–Crippen MR) is 81.3 cm³/mol. The molecule has 0 saturated heterocycles. The van der Waals surface area contributed by atoms with Crippen LogP contribution in [0.15, 0.2) is 48.5 Å². The number of aryl methyl sites for hydroxylation is 2. The average Bonchev–Trinajstić information content (AvgIpc) is 3.07. The van der Waals surface area contributed by atoms with Crippen LogP contribution in [0.1, 0.15) is 50.7 Å². The minimum absolute atomic E-state index is 0. The van der Waals surface area contributed by atoms with Crippen LogP contribution in [0, 0.1) is 0 Å². The molecule has 0 saturated carbocycles. The molecule has 0 spiro atoms. The third-order valence-electron chi connectivity index (χ3n) is 3.10. The van der Waals surface area contributed by atoms with E-state index in [9.17, 15) is 0 Å². The molecule has 2 rings (SSSR count). The minimum Gasteiger partial charge on any atom is -0.213 e. The Hall–Kier alpha value is -0.417. The predicted octanol–water partition coefficient (Wildman–Crippen LogP) is 5.49. The maximum absolute atomic E-state index is 2.23. The summed E-state index contributed by atoms with van der Waals surface area (Å²) in [6.45, 7) is 4.45. The SMILES string of the molecule is CCCC[c-]1cccc1.CCCC[c-]1cccc1.[Zr+4]. The molecular weight excluding hydrogens is 307 g/mol. The molecular formula is C18H26Zr+2. The Kier molecular flexibility index (Phi) is 12.3. The van der Waals surface area contributed by atoms with Gasteiger partial charge in [-0.05, 0) is 0 Å². The van der Waals surface area contributed by atoms with Crippen molar-refractivity contribution in [2.75, 3.05) is 0 Å². The van der Waals surface area contributed by atoms with Crippen molar-refractivity contribution in [1.29, 1.82) is 0 Å². The number of hydrogen-bond donors (Lipinski definition) is 0. The first kappa shape index (κ1) is 18.6. The number of rotatable bonds is 6. The topological polar surface area (TPSA) is 0 Å². The van der Waals surface area contributed by atoms with E-state index in [2.05, 4.69) is 62.4 Å². The zero-order chi connectivity index (χ0) is 13.1. The van der Waals surface area contributed by atoms with Crippen molar-refractivity contribution >= 4 is 0 Å². The van der Waals surface area contributed by atoms with Crippen molar-refractivity contribution in [2.24, 2.45) is 0 Å². The van der Waals surface area contributed by atoms with Crippen molar-refractivity contribution in [3.05, 3.63) is 59.7 Å². The van der Waals surface area contributed by atoms with Crippen LogP contribution in [0.2, 0.25) is 0 Å². The summed E-state index contributed by atoms with van der Waals surface area (Å²) in [5.74, 6) is 0. The van der Waals surface area contributed by atoms with Crippen molar-refractivity contribution in [2.45, 2.75) is 52.4 Å². The van der Waals surface area contributed by atoms with Crippen LogP contribution >= 0.6 is 0 Å². The molecule has 19 heavy (non-hydrogen) atoms. The van der Waals surface area contributed by atoms with Crippen molar-refractivity contribution < 1.29 is 26.2 Å². The Morgan fingerprint density at radius 2 is 0.947 bits per heavy atom. The molecule has 0 aliphatic carbocycles. The van der Waals surface area contributed by atoms with Crippen molar-refractivity contribution in [1.82, 2.24) is 0 Å². The zero-order valence-electron chi connectivity index (χ0n) is 12.4. The van der Waals surface area contributed by atoms with Crippen molar-refractivity contribution in [3.63, 3.8) is 0 Å². The molecule has 1 heteroatoms. The molecule has 0 heterocycles. The van der Waals surface area contributed by atoms with Gasteiger partial charge in [0.05, 0.1) is 0 Å². The van der Waals surface area contributed by atoms with E-state index >= 15 is 0 Å². The first-order chi connectivity index (χ1) is 8.86. The molecule has 0 radical (unpaired) electrons. The maximum Gasteiger partial charge on any atom is 4.00 e. The van der Waals surface area contributed by atoms with E-state index < -0.39 is 0 Å². The van der Waals surface area contributed by atoms with Crippen LogP contribution in [0.4, 0.5) is 0 Å². The van der Waals surface area contributed by atoms with Gasteiger partial charge in [0.25, 0.3) is 0 Å². The van der Waals surface area contributed by atoms with Crippen LogP contribution in [0.5, 0.6) is 0 Å². The second-order valence-electron chi connectivity index (χ2n) is 4.79. The summed E-state index contributed by atoms with van der Waals surface area (Å²) in [5, 5.41) is 0. The monoisotopic (exact) mass is 332 g/mol. The van der Waals surface area contributed by atoms with Crippen LogP contribution in [0.3, 0.4) is 0 Å². The second kappa shape index (κ2) is 12.6. The number of hydrogen-bond acceptors (Lipinski definition) is 0. The molecule has 0 aliphatic rings. The van der Waals surface area contributed by atoms with E-state index in [4.69, 9.17) is 0 Å². The average molecular weight is 334 g/mol. The van der Waals surface area contributed by atoms with Gasteiger partial charge < -0.3 is 0 Å². The molecule has 2 aromatic rings. The van der Waals surface area contributed by atoms with Gasteiger partial charge in [0.15, 0.2) is 0 Å². The molecule has 0 amide bonds. The van der Waals surface area contributed by atoms with Gasteiger partial charge in [-0.3, -0.25) is 0 Å². The van der Waals surface area contributed by atoms with Crippen LogP contribution < -0.4 is 0 Å². The Bertz CT molecular complexity index is 318. The maximum atomic E-state index is 2.23. The Labute approximate surface area is 138 Å². The van der Waals surface area contributed by atoms with Gasteiger partial charge in [-0.1, -0.05) is 52.4 Å². The number of unbranched alkanes of at least 4 members (excludes halogenated alkanes) is 2. The smallest absolute Gasteiger partial charge is 0.213 e. The van der Waals surface area contributed by atoms with E-state index in [1.807, 2.05) is 0 Å². The van der Waals surface area contributed by atoms with Crippen LogP contribution in [-0.4, -0.2) is 0 Å². The Balaban J connectivity index is 0.000000324. The first-order valence-electron chi connectivity index (χ1n) is 7.28. The third-order valence-corrected chi connectivity index (χ3v) is 3.10. The Morgan fingerprint density at radius 3 is 1.21 bits per heavy atom. The summed E-state index contributed by atoms with van der Waals surface area (Å²) >= 11 is 0. The zero-order valence-corrected chi connectivity index (χ0v) is 14.8. The van der Waals surface area contributed by atoms with Gasteiger partial charge in [0, 0.05) is 0 Å². The second-order valence-corrected chi connectivity index (χ2v) is 4.79. The summed E-state index contributed by atoms with van der Waals surface area (Å²) in [4.78, 5) is 0. The largest absolute Gasteiger partial charge is 4.00 e. The fourth-order valence-corrected chi connectivity index (χ4v) is 1.92. The summed E-state index contributed by atoms with van der Waals surface area (Å²) < 4.78 is 0. The van der Waals surface area contributed by atoms with E-state index in [1.165, 1.54) is 49.7 Å². The van der Waals surface area contributed by atoms with Gasteiger partial charge in [0.1, 0.15) is 0 Å². The third kappa shape index (κ3) is 9.17. The summed E-state index contributed by atoms with van der Waals surface area (Å²) in [6.07, 6.45) is 7.75. The molecule has 0 fully saturated rings. The van der Waals surface area contributed by atoms with Gasteiger partial charge in [-0.15, -0.1) is 0 Å². The van der Waals surface area contributed by atoms with Crippen LogP contribution in [-0.2, 0) is 39.0 Å². The standard InChI is InChI=1S/2C9H13.Zr/c2*1-2-3-6-9-7-4-5-8-9;/h2*4-5,7-8H,2-3,6H2,1H3;/q2*-1;+4. The molecule has 2 aromatic carbocycles. The molecule has 0 bridgehead atoms. The Morgan fingerprint density at radius 1 is 0.632 bits per heavy atom. The van der Waals surface area contributed by atoms with Crippen molar-refractivity contribution in [3.8, 4) is 0 Å². The quantitative estimate of drug-likeness (QED) is 0.613. The molecule has 0 unspecified atom stereocenters. The summed E-state index contributed by atoms with van der Waals surface area (Å²) in [5.41, 5.74) is 2.97. The van der Waals surface area contributed by atoms with Gasteiger partial charge in [-0.25, -0.2) is 24.3 Å². The first-order valence-corrected chi connectivity index (χ1v) is 7.28. The molecule has 0 N–H and O–H groups in total. The van der Waals surface area contributed by atoms with Gasteiger partial charge >= 0.3 is 26.2 Å². The summed E-state index contributed by atoms with van der Waals surface area (Å²) in [6, 6.07) is 17.2. The molecule has 0 aliphatic heterocycles. The normalized spacial score (nSPS) is 9.37. The van der Waals surface area contributed by atoms with Crippen LogP contribution in [0.25, 0.3) is 0 Å². The van der Waals surface area contributed by atoms with E-state index in [0.717, 1.165) is 0 Å². The molecule has 0 aromatic heterocycles. The van der Waals surface area contributed by atoms with E-state index in [-0.39, 0.29) is 26.2 Å². The van der Waals surface area contributed by atoms with Gasteiger partial charge in [-0.2, -0.15) is 35.4 Å². The molecule has 0 atom stereocenters. The van der Waals surface area contributed by atoms with Gasteiger partial charge in [0.2, 0.25) is 0 Å². The van der Waals surface area contributed by atoms with E-state index in [0.29, 0.717) is 0 Å². The van der Waals surface area contributed by atoms with E-state index in [1.54, 1.807) is 0 Å². The molecule has 0 nitrogen and oxygen atoms in total. The minimum atomic E-state index is 0. The molecule has 100 valence electrons.